The third-order valence-electron chi connectivity index (χ3n) is 4.38. The van der Waals surface area contributed by atoms with E-state index in [0.717, 1.165) is 11.1 Å². The van der Waals surface area contributed by atoms with Gasteiger partial charge >= 0.3 is 11.9 Å². The maximum absolute atomic E-state index is 12.4. The van der Waals surface area contributed by atoms with Gasteiger partial charge in [0.15, 0.2) is 0 Å². The Morgan fingerprint density at radius 2 is 1.62 bits per heavy atom. The van der Waals surface area contributed by atoms with E-state index in [2.05, 4.69) is 0 Å². The lowest BCUT2D eigenvalue weighted by Gasteiger charge is -2.17. The number of rotatable bonds is 8. The molecule has 2 aromatic rings. The molecule has 3 unspecified atom stereocenters. The summed E-state index contributed by atoms with van der Waals surface area (Å²) in [5.41, 5.74) is 1.98. The molecule has 5 nitrogen and oxygen atoms in total. The largest absolute Gasteiger partial charge is 0.465 e. The lowest BCUT2D eigenvalue weighted by atomic mass is 10.1. The molecule has 0 spiro atoms. The van der Waals surface area contributed by atoms with Gasteiger partial charge in [0.1, 0.15) is 18.7 Å². The van der Waals surface area contributed by atoms with Crippen LogP contribution >= 0.6 is 0 Å². The summed E-state index contributed by atoms with van der Waals surface area (Å²) >= 11 is 0. The first-order valence-electron chi connectivity index (χ1n) is 8.86. The lowest BCUT2D eigenvalue weighted by molar-refractivity contribution is -0.149. The fourth-order valence-corrected chi connectivity index (χ4v) is 2.94. The Labute approximate surface area is 153 Å². The van der Waals surface area contributed by atoms with Crippen LogP contribution in [-0.4, -0.2) is 42.1 Å². The van der Waals surface area contributed by atoms with E-state index in [-0.39, 0.29) is 24.6 Å². The molecule has 1 fully saturated rings. The predicted molar refractivity (Wildman–Crippen MR) is 97.3 cm³/mol. The maximum Gasteiger partial charge on any atom is 0.325 e. The normalized spacial score (nSPS) is 19.4. The highest BCUT2D eigenvalue weighted by atomic mass is 16.5. The Morgan fingerprint density at radius 1 is 1.00 bits per heavy atom. The van der Waals surface area contributed by atoms with Gasteiger partial charge in [0, 0.05) is 6.54 Å². The minimum Gasteiger partial charge on any atom is -0.465 e. The fourth-order valence-electron chi connectivity index (χ4n) is 2.94. The number of esters is 2. The van der Waals surface area contributed by atoms with Crippen molar-refractivity contribution in [2.45, 2.75) is 32.0 Å². The van der Waals surface area contributed by atoms with E-state index in [0.29, 0.717) is 19.6 Å². The summed E-state index contributed by atoms with van der Waals surface area (Å²) in [6.07, 6.45) is 0.516. The average Bonchev–Trinajstić information content (AvgIpc) is 3.46. The van der Waals surface area contributed by atoms with Crippen LogP contribution < -0.4 is 0 Å². The van der Waals surface area contributed by atoms with Crippen molar-refractivity contribution in [3.05, 3.63) is 71.8 Å². The summed E-state index contributed by atoms with van der Waals surface area (Å²) in [6, 6.07) is 18.5. The number of benzene rings is 2. The Hall–Kier alpha value is -2.66. The molecular weight excluding hydrogens is 330 g/mol. The van der Waals surface area contributed by atoms with E-state index in [1.807, 2.05) is 65.6 Å². The van der Waals surface area contributed by atoms with Crippen molar-refractivity contribution in [1.29, 1.82) is 0 Å². The van der Waals surface area contributed by atoms with E-state index in [4.69, 9.17) is 9.47 Å². The molecule has 1 aliphatic heterocycles. The van der Waals surface area contributed by atoms with Gasteiger partial charge in [0.25, 0.3) is 0 Å². The summed E-state index contributed by atoms with van der Waals surface area (Å²) in [6.45, 7) is 2.86. The van der Waals surface area contributed by atoms with Crippen molar-refractivity contribution in [3.8, 4) is 0 Å². The van der Waals surface area contributed by atoms with Gasteiger partial charge in [-0.05, 0) is 24.5 Å². The van der Waals surface area contributed by atoms with Crippen LogP contribution in [0, 0.1) is 0 Å². The van der Waals surface area contributed by atoms with Gasteiger partial charge in [-0.2, -0.15) is 0 Å². The van der Waals surface area contributed by atoms with E-state index in [1.54, 1.807) is 6.92 Å². The first-order chi connectivity index (χ1) is 12.7. The predicted octanol–water partition coefficient (Wildman–Crippen LogP) is 2.59. The van der Waals surface area contributed by atoms with Crippen molar-refractivity contribution in [3.63, 3.8) is 0 Å². The highest BCUT2D eigenvalue weighted by Gasteiger charge is 2.49. The second kappa shape index (κ2) is 8.63. The zero-order chi connectivity index (χ0) is 18.4. The highest BCUT2D eigenvalue weighted by Crippen LogP contribution is 2.26. The van der Waals surface area contributed by atoms with Crippen LogP contribution in [-0.2, 0) is 32.1 Å². The minimum absolute atomic E-state index is 0.243. The van der Waals surface area contributed by atoms with Crippen molar-refractivity contribution in [2.75, 3.05) is 13.2 Å². The van der Waals surface area contributed by atoms with Gasteiger partial charge in [0.2, 0.25) is 0 Å². The van der Waals surface area contributed by atoms with Crippen LogP contribution in [0.2, 0.25) is 0 Å². The topological polar surface area (TPSA) is 55.6 Å². The Kier molecular flexibility index (Phi) is 6.02. The van der Waals surface area contributed by atoms with Crippen LogP contribution in [0.5, 0.6) is 0 Å². The molecule has 1 saturated heterocycles. The van der Waals surface area contributed by atoms with Gasteiger partial charge < -0.3 is 9.47 Å². The Bertz CT molecular complexity index is 732. The standard InChI is InChI=1S/C21H23NO4/c1-2-25-20(23)18(13-16-9-5-3-6-10-16)22-14-19(22)21(24)26-15-17-11-7-4-8-12-17/h3-12,18-19H,2,13-15H2,1H3. The molecule has 3 atom stereocenters. The van der Waals surface area contributed by atoms with Gasteiger partial charge in [-0.15, -0.1) is 0 Å². The molecule has 2 aromatic carbocycles. The van der Waals surface area contributed by atoms with Crippen molar-refractivity contribution < 1.29 is 19.1 Å². The molecule has 0 aliphatic carbocycles. The summed E-state index contributed by atoms with van der Waals surface area (Å²) in [5.74, 6) is -0.592. The van der Waals surface area contributed by atoms with Crippen molar-refractivity contribution in [2.24, 2.45) is 0 Å². The van der Waals surface area contributed by atoms with E-state index < -0.39 is 6.04 Å². The smallest absolute Gasteiger partial charge is 0.325 e. The molecule has 26 heavy (non-hydrogen) atoms. The molecule has 0 amide bonds. The molecule has 0 radical (unpaired) electrons. The van der Waals surface area contributed by atoms with Crippen molar-refractivity contribution in [1.82, 2.24) is 4.90 Å². The van der Waals surface area contributed by atoms with E-state index >= 15 is 0 Å². The number of hydrogen-bond donors (Lipinski definition) is 0. The lowest BCUT2D eigenvalue weighted by Crippen LogP contribution is -2.35. The first kappa shape index (κ1) is 18.1. The summed E-state index contributed by atoms with van der Waals surface area (Å²) < 4.78 is 10.6. The van der Waals surface area contributed by atoms with Gasteiger partial charge in [-0.25, -0.2) is 0 Å². The highest BCUT2D eigenvalue weighted by molar-refractivity contribution is 5.83. The van der Waals surface area contributed by atoms with E-state index in [9.17, 15) is 9.59 Å². The van der Waals surface area contributed by atoms with E-state index in [1.165, 1.54) is 0 Å². The Balaban J connectivity index is 1.59. The zero-order valence-corrected chi connectivity index (χ0v) is 14.8. The average molecular weight is 353 g/mol. The van der Waals surface area contributed by atoms with Crippen LogP contribution in [0.4, 0.5) is 0 Å². The molecule has 136 valence electrons. The van der Waals surface area contributed by atoms with Crippen LogP contribution in [0.25, 0.3) is 0 Å². The molecule has 0 bridgehead atoms. The van der Waals surface area contributed by atoms with Crippen molar-refractivity contribution >= 4 is 11.9 Å². The molecule has 1 heterocycles. The molecule has 3 rings (SSSR count). The third kappa shape index (κ3) is 4.70. The molecule has 0 saturated carbocycles. The van der Waals surface area contributed by atoms with Gasteiger partial charge in [0.05, 0.1) is 6.61 Å². The third-order valence-corrected chi connectivity index (χ3v) is 4.38. The van der Waals surface area contributed by atoms with Crippen LogP contribution in [0.3, 0.4) is 0 Å². The summed E-state index contributed by atoms with van der Waals surface area (Å²) in [4.78, 5) is 26.5. The quantitative estimate of drug-likeness (QED) is 0.539. The number of carbonyl (C=O) groups is 2. The zero-order valence-electron chi connectivity index (χ0n) is 14.8. The molecule has 1 aliphatic rings. The number of nitrogens with zero attached hydrogens (tertiary/aromatic N) is 1. The van der Waals surface area contributed by atoms with Crippen LogP contribution in [0.1, 0.15) is 18.1 Å². The summed E-state index contributed by atoms with van der Waals surface area (Å²) in [5, 5.41) is 0. The summed E-state index contributed by atoms with van der Waals surface area (Å²) in [7, 11) is 0. The number of carbonyl (C=O) groups excluding carboxylic acids is 2. The first-order valence-corrected chi connectivity index (χ1v) is 8.86. The second-order valence-corrected chi connectivity index (χ2v) is 6.26. The molecule has 0 aromatic heterocycles. The van der Waals surface area contributed by atoms with Gasteiger partial charge in [-0.1, -0.05) is 60.7 Å². The monoisotopic (exact) mass is 353 g/mol. The van der Waals surface area contributed by atoms with Crippen LogP contribution in [0.15, 0.2) is 60.7 Å². The SMILES string of the molecule is CCOC(=O)C(Cc1ccccc1)N1CC1C(=O)OCc1ccccc1. The Morgan fingerprint density at radius 3 is 2.23 bits per heavy atom. The minimum atomic E-state index is -0.466. The van der Waals surface area contributed by atoms with Gasteiger partial charge in [-0.3, -0.25) is 14.5 Å². The molecular formula is C21H23NO4. The fraction of sp³-hybridized carbons (Fsp3) is 0.333. The number of hydrogen-bond acceptors (Lipinski definition) is 5. The second-order valence-electron chi connectivity index (χ2n) is 6.26. The number of ether oxygens (including phenoxy) is 2. The molecule has 0 N–H and O–H groups in total. The molecule has 5 heteroatoms. The maximum atomic E-state index is 12.4.